The number of ether oxygens (including phenoxy) is 4. The molecule has 0 radical (unpaired) electrons. The molecule has 0 aliphatic rings. The van der Waals surface area contributed by atoms with E-state index in [2.05, 4.69) is 6.58 Å². The standard InChI is InChI=1S/C9H20O4.C3H6/c1-9(13-7-5-11-3)8-12-6-4-10-2;1-3-2/h9H,4-8H2,1-3H3;3H,1H2,2H3/t9-;/m0./s1. The molecule has 0 aliphatic carbocycles. The highest BCUT2D eigenvalue weighted by atomic mass is 16.6. The van der Waals surface area contributed by atoms with E-state index in [4.69, 9.17) is 18.9 Å². The fourth-order valence-corrected chi connectivity index (χ4v) is 0.772. The van der Waals surface area contributed by atoms with E-state index in [1.165, 1.54) is 0 Å². The third kappa shape index (κ3) is 19.2. The van der Waals surface area contributed by atoms with Crippen molar-refractivity contribution in [2.24, 2.45) is 0 Å². The van der Waals surface area contributed by atoms with E-state index < -0.39 is 0 Å². The lowest BCUT2D eigenvalue weighted by Gasteiger charge is -2.12. The van der Waals surface area contributed by atoms with Crippen molar-refractivity contribution in [1.29, 1.82) is 0 Å². The first kappa shape index (κ1) is 18.0. The third-order valence-electron chi connectivity index (χ3n) is 1.47. The van der Waals surface area contributed by atoms with E-state index in [1.807, 2.05) is 13.8 Å². The van der Waals surface area contributed by atoms with Crippen molar-refractivity contribution in [3.63, 3.8) is 0 Å². The van der Waals surface area contributed by atoms with Gasteiger partial charge in [-0.2, -0.15) is 0 Å². The van der Waals surface area contributed by atoms with Crippen LogP contribution in [0.5, 0.6) is 0 Å². The molecule has 16 heavy (non-hydrogen) atoms. The molecular weight excluding hydrogens is 208 g/mol. The minimum atomic E-state index is 0.118. The molecule has 0 N–H and O–H groups in total. The molecule has 0 unspecified atom stereocenters. The minimum Gasteiger partial charge on any atom is -0.382 e. The van der Waals surface area contributed by atoms with Gasteiger partial charge in [0, 0.05) is 14.2 Å². The molecule has 0 amide bonds. The van der Waals surface area contributed by atoms with Crippen LogP contribution in [0.4, 0.5) is 0 Å². The minimum absolute atomic E-state index is 0.118. The molecule has 0 aromatic carbocycles. The summed E-state index contributed by atoms with van der Waals surface area (Å²) >= 11 is 0. The molecule has 1 atom stereocenters. The maximum Gasteiger partial charge on any atom is 0.0781 e. The molecular formula is C12H26O4. The molecule has 4 heteroatoms. The molecule has 0 rings (SSSR count). The highest BCUT2D eigenvalue weighted by molar-refractivity contribution is 4.51. The Kier molecular flexibility index (Phi) is 19.1. The van der Waals surface area contributed by atoms with Crippen LogP contribution in [0.3, 0.4) is 0 Å². The molecule has 0 aromatic rings. The number of hydrogen-bond donors (Lipinski definition) is 0. The van der Waals surface area contributed by atoms with Crippen molar-refractivity contribution in [2.45, 2.75) is 20.0 Å². The summed E-state index contributed by atoms with van der Waals surface area (Å²) in [7, 11) is 3.31. The first-order valence-corrected chi connectivity index (χ1v) is 5.47. The van der Waals surface area contributed by atoms with Gasteiger partial charge in [0.05, 0.1) is 39.1 Å². The Bertz CT molecular complexity index is 128. The second-order valence-electron chi connectivity index (χ2n) is 3.15. The van der Waals surface area contributed by atoms with E-state index in [9.17, 15) is 0 Å². The van der Waals surface area contributed by atoms with Crippen LogP contribution in [0, 0.1) is 0 Å². The van der Waals surface area contributed by atoms with Gasteiger partial charge in [-0.25, -0.2) is 0 Å². The van der Waals surface area contributed by atoms with E-state index in [0.29, 0.717) is 33.0 Å². The SMILES string of the molecule is C=CC.COCCOC[C@H](C)OCCOC. The van der Waals surface area contributed by atoms with Gasteiger partial charge in [0.1, 0.15) is 0 Å². The van der Waals surface area contributed by atoms with E-state index in [0.717, 1.165) is 0 Å². The second-order valence-corrected chi connectivity index (χ2v) is 3.15. The zero-order valence-corrected chi connectivity index (χ0v) is 11.0. The van der Waals surface area contributed by atoms with Gasteiger partial charge in [0.25, 0.3) is 0 Å². The predicted octanol–water partition coefficient (Wildman–Crippen LogP) is 1.89. The Labute approximate surface area is 99.5 Å². The van der Waals surface area contributed by atoms with Crippen LogP contribution in [0.15, 0.2) is 12.7 Å². The van der Waals surface area contributed by atoms with Gasteiger partial charge < -0.3 is 18.9 Å². The Morgan fingerprint density at radius 2 is 1.56 bits per heavy atom. The van der Waals surface area contributed by atoms with Gasteiger partial charge in [-0.1, -0.05) is 6.08 Å². The number of methoxy groups -OCH3 is 2. The highest BCUT2D eigenvalue weighted by Crippen LogP contribution is 1.91. The average Bonchev–Trinajstić information content (AvgIpc) is 2.26. The van der Waals surface area contributed by atoms with Crippen LogP contribution < -0.4 is 0 Å². The molecule has 0 saturated carbocycles. The largest absolute Gasteiger partial charge is 0.382 e. The Hall–Kier alpha value is -0.420. The van der Waals surface area contributed by atoms with E-state index in [-0.39, 0.29) is 6.10 Å². The fraction of sp³-hybridized carbons (Fsp3) is 0.833. The van der Waals surface area contributed by atoms with Crippen LogP contribution in [0.25, 0.3) is 0 Å². The van der Waals surface area contributed by atoms with E-state index in [1.54, 1.807) is 20.3 Å². The zero-order chi connectivity index (χ0) is 12.6. The summed E-state index contributed by atoms with van der Waals surface area (Å²) in [5.41, 5.74) is 0. The predicted molar refractivity (Wildman–Crippen MR) is 65.9 cm³/mol. The molecule has 0 spiro atoms. The number of hydrogen-bond acceptors (Lipinski definition) is 4. The van der Waals surface area contributed by atoms with E-state index >= 15 is 0 Å². The fourth-order valence-electron chi connectivity index (χ4n) is 0.772. The first-order chi connectivity index (χ1) is 7.72. The quantitative estimate of drug-likeness (QED) is 0.451. The van der Waals surface area contributed by atoms with Gasteiger partial charge in [-0.3, -0.25) is 0 Å². The maximum atomic E-state index is 5.37. The first-order valence-electron chi connectivity index (χ1n) is 5.47. The van der Waals surface area contributed by atoms with Gasteiger partial charge in [0.15, 0.2) is 0 Å². The summed E-state index contributed by atoms with van der Waals surface area (Å²) in [6, 6.07) is 0. The summed E-state index contributed by atoms with van der Waals surface area (Å²) in [4.78, 5) is 0. The monoisotopic (exact) mass is 234 g/mol. The summed E-state index contributed by atoms with van der Waals surface area (Å²) in [6.45, 7) is 10.3. The van der Waals surface area contributed by atoms with Crippen LogP contribution in [0.2, 0.25) is 0 Å². The van der Waals surface area contributed by atoms with Crippen molar-refractivity contribution in [2.75, 3.05) is 47.3 Å². The van der Waals surface area contributed by atoms with Crippen molar-refractivity contribution in [3.05, 3.63) is 12.7 Å². The topological polar surface area (TPSA) is 36.9 Å². The lowest BCUT2D eigenvalue weighted by molar-refractivity contribution is -0.0320. The average molecular weight is 234 g/mol. The third-order valence-corrected chi connectivity index (χ3v) is 1.47. The molecule has 0 aromatic heterocycles. The Morgan fingerprint density at radius 3 is 2.06 bits per heavy atom. The molecule has 0 bridgehead atoms. The summed E-state index contributed by atoms with van der Waals surface area (Å²) in [6.07, 6.45) is 1.87. The Morgan fingerprint density at radius 1 is 1.06 bits per heavy atom. The van der Waals surface area contributed by atoms with Gasteiger partial charge >= 0.3 is 0 Å². The van der Waals surface area contributed by atoms with Crippen LogP contribution >= 0.6 is 0 Å². The molecule has 0 heterocycles. The zero-order valence-electron chi connectivity index (χ0n) is 11.0. The lowest BCUT2D eigenvalue weighted by Crippen LogP contribution is -2.19. The van der Waals surface area contributed by atoms with Crippen molar-refractivity contribution >= 4 is 0 Å². The van der Waals surface area contributed by atoms with Crippen LogP contribution in [-0.4, -0.2) is 53.4 Å². The van der Waals surface area contributed by atoms with Gasteiger partial charge in [0.2, 0.25) is 0 Å². The molecule has 4 nitrogen and oxygen atoms in total. The van der Waals surface area contributed by atoms with Gasteiger partial charge in [-0.15, -0.1) is 6.58 Å². The molecule has 98 valence electrons. The molecule has 0 fully saturated rings. The number of allylic oxidation sites excluding steroid dienone is 1. The summed E-state index contributed by atoms with van der Waals surface area (Å²) in [5, 5.41) is 0. The Balaban J connectivity index is 0. The van der Waals surface area contributed by atoms with Crippen LogP contribution in [-0.2, 0) is 18.9 Å². The molecule has 0 aliphatic heterocycles. The normalized spacial score (nSPS) is 11.5. The van der Waals surface area contributed by atoms with Crippen molar-refractivity contribution in [3.8, 4) is 0 Å². The summed E-state index contributed by atoms with van der Waals surface area (Å²) < 4.78 is 20.3. The van der Waals surface area contributed by atoms with Crippen LogP contribution in [0.1, 0.15) is 13.8 Å². The highest BCUT2D eigenvalue weighted by Gasteiger charge is 2.00. The summed E-state index contributed by atoms with van der Waals surface area (Å²) in [5.74, 6) is 0. The smallest absolute Gasteiger partial charge is 0.0781 e. The van der Waals surface area contributed by atoms with Gasteiger partial charge in [-0.05, 0) is 13.8 Å². The van der Waals surface area contributed by atoms with Crippen molar-refractivity contribution < 1.29 is 18.9 Å². The second kappa shape index (κ2) is 17.0. The lowest BCUT2D eigenvalue weighted by atomic mass is 10.4. The maximum absolute atomic E-state index is 5.37. The number of rotatable bonds is 9. The molecule has 0 saturated heterocycles. The van der Waals surface area contributed by atoms with Crippen molar-refractivity contribution in [1.82, 2.24) is 0 Å².